The average Bonchev–Trinajstić information content (AvgIpc) is 2.60. The Balaban J connectivity index is 2.80. The lowest BCUT2D eigenvalue weighted by molar-refractivity contribution is 0.151. The van der Waals surface area contributed by atoms with Crippen LogP contribution in [0.2, 0.25) is 0 Å². The van der Waals surface area contributed by atoms with Crippen molar-refractivity contribution >= 4 is 15.9 Å². The number of ether oxygens (including phenoxy) is 1. The number of aromatic nitrogens is 2. The highest BCUT2D eigenvalue weighted by atomic mass is 79.9. The van der Waals surface area contributed by atoms with Crippen molar-refractivity contribution in [2.24, 2.45) is 11.7 Å². The Kier molecular flexibility index (Phi) is 5.62. The van der Waals surface area contributed by atoms with Crippen LogP contribution in [-0.2, 0) is 4.74 Å². The molecule has 0 fully saturated rings. The van der Waals surface area contributed by atoms with Crippen LogP contribution in [0, 0.1) is 5.92 Å². The fraction of sp³-hybridized carbons (Fsp3) is 0.750. The van der Waals surface area contributed by atoms with Crippen LogP contribution in [0.3, 0.4) is 0 Å². The van der Waals surface area contributed by atoms with E-state index >= 15 is 0 Å². The molecule has 1 aromatic rings. The zero-order valence-electron chi connectivity index (χ0n) is 11.0. The maximum atomic E-state index is 6.26. The summed E-state index contributed by atoms with van der Waals surface area (Å²) in [5.74, 6) is 0.442. The van der Waals surface area contributed by atoms with Gasteiger partial charge in [0, 0.05) is 25.8 Å². The maximum absolute atomic E-state index is 6.26. The third-order valence-corrected chi connectivity index (χ3v) is 3.35. The smallest absolute Gasteiger partial charge is 0.0696 e. The van der Waals surface area contributed by atoms with Crippen LogP contribution in [0.1, 0.15) is 45.0 Å². The third-order valence-electron chi connectivity index (χ3n) is 2.73. The number of halogens is 1. The fourth-order valence-electron chi connectivity index (χ4n) is 2.01. The molecule has 0 saturated carbocycles. The Hall–Kier alpha value is -0.390. The summed E-state index contributed by atoms with van der Waals surface area (Å²) in [6, 6.07) is 0.305. The van der Waals surface area contributed by atoms with Crippen molar-refractivity contribution in [1.29, 1.82) is 0 Å². The van der Waals surface area contributed by atoms with E-state index in [1.165, 1.54) is 0 Å². The first-order valence-corrected chi connectivity index (χ1v) is 6.74. The summed E-state index contributed by atoms with van der Waals surface area (Å²) in [7, 11) is 1.72. The number of rotatable bonds is 6. The molecule has 0 spiro atoms. The van der Waals surface area contributed by atoms with Crippen molar-refractivity contribution in [3.05, 3.63) is 16.4 Å². The number of nitrogens with two attached hydrogens (primary N) is 1. The summed E-state index contributed by atoms with van der Waals surface area (Å²) in [4.78, 5) is 0. The summed E-state index contributed by atoms with van der Waals surface area (Å²) in [5.41, 5.74) is 7.34. The molecule has 0 aromatic carbocycles. The van der Waals surface area contributed by atoms with Crippen LogP contribution in [0.15, 0.2) is 10.7 Å². The summed E-state index contributed by atoms with van der Waals surface area (Å²) >= 11 is 3.52. The molecule has 0 amide bonds. The normalized spacial score (nSPS) is 15.2. The molecule has 0 aliphatic heterocycles. The lowest BCUT2D eigenvalue weighted by atomic mass is 10.0. The number of methoxy groups -OCH3 is 1. The highest BCUT2D eigenvalue weighted by Crippen LogP contribution is 2.28. The minimum Gasteiger partial charge on any atom is -0.384 e. The van der Waals surface area contributed by atoms with Crippen molar-refractivity contribution in [3.63, 3.8) is 0 Å². The Morgan fingerprint density at radius 3 is 2.65 bits per heavy atom. The van der Waals surface area contributed by atoms with Crippen LogP contribution in [0.25, 0.3) is 0 Å². The first-order chi connectivity index (χ1) is 7.97. The van der Waals surface area contributed by atoms with Crippen molar-refractivity contribution < 1.29 is 4.74 Å². The topological polar surface area (TPSA) is 53.1 Å². The molecule has 0 bridgehead atoms. The van der Waals surface area contributed by atoms with Crippen molar-refractivity contribution in [2.75, 3.05) is 13.7 Å². The molecule has 1 aromatic heterocycles. The van der Waals surface area contributed by atoms with Crippen LogP contribution in [-0.4, -0.2) is 23.5 Å². The minimum atomic E-state index is -0.0144. The van der Waals surface area contributed by atoms with Crippen molar-refractivity contribution in [1.82, 2.24) is 9.78 Å². The van der Waals surface area contributed by atoms with Gasteiger partial charge in [-0.3, -0.25) is 4.68 Å². The summed E-state index contributed by atoms with van der Waals surface area (Å²) in [6.45, 7) is 7.09. The van der Waals surface area contributed by atoms with Gasteiger partial charge >= 0.3 is 0 Å². The second-order valence-electron chi connectivity index (χ2n) is 4.82. The van der Waals surface area contributed by atoms with Gasteiger partial charge < -0.3 is 10.5 Å². The minimum absolute atomic E-state index is 0.0144. The monoisotopic (exact) mass is 303 g/mol. The largest absolute Gasteiger partial charge is 0.384 e. The van der Waals surface area contributed by atoms with Gasteiger partial charge in [-0.2, -0.15) is 5.10 Å². The number of hydrogen-bond acceptors (Lipinski definition) is 3. The molecule has 4 nitrogen and oxygen atoms in total. The van der Waals surface area contributed by atoms with E-state index in [-0.39, 0.29) is 6.04 Å². The van der Waals surface area contributed by atoms with Gasteiger partial charge in [-0.15, -0.1) is 0 Å². The van der Waals surface area contributed by atoms with Gasteiger partial charge in [0.05, 0.1) is 16.4 Å². The molecular formula is C12H22BrN3O. The Bertz CT molecular complexity index is 352. The number of hydrogen-bond donors (Lipinski definition) is 1. The van der Waals surface area contributed by atoms with Gasteiger partial charge in [0.2, 0.25) is 0 Å². The molecule has 5 heteroatoms. The van der Waals surface area contributed by atoms with Gasteiger partial charge in [-0.25, -0.2) is 0 Å². The van der Waals surface area contributed by atoms with E-state index in [4.69, 9.17) is 10.5 Å². The van der Waals surface area contributed by atoms with Gasteiger partial charge in [-0.05, 0) is 42.1 Å². The molecule has 17 heavy (non-hydrogen) atoms. The lowest BCUT2D eigenvalue weighted by Gasteiger charge is -2.20. The average molecular weight is 304 g/mol. The third kappa shape index (κ3) is 3.79. The van der Waals surface area contributed by atoms with E-state index in [2.05, 4.69) is 41.8 Å². The Morgan fingerprint density at radius 1 is 1.47 bits per heavy atom. The van der Waals surface area contributed by atoms with Gasteiger partial charge in [0.1, 0.15) is 0 Å². The summed E-state index contributed by atoms with van der Waals surface area (Å²) in [5, 5.41) is 4.35. The van der Waals surface area contributed by atoms with E-state index in [1.807, 2.05) is 10.9 Å². The van der Waals surface area contributed by atoms with Crippen LogP contribution in [0.4, 0.5) is 0 Å². The zero-order valence-corrected chi connectivity index (χ0v) is 12.6. The zero-order chi connectivity index (χ0) is 13.0. The molecule has 0 aliphatic rings. The molecule has 98 valence electrons. The first-order valence-electron chi connectivity index (χ1n) is 5.94. The molecule has 2 atom stereocenters. The standard InChI is InChI=1S/C12H22BrN3O/c1-8(2)16-12(10(13)6-15-16)11(14)5-9(3)7-17-4/h6,8-9,11H,5,7,14H2,1-4H3. The van der Waals surface area contributed by atoms with Gasteiger partial charge in [-0.1, -0.05) is 6.92 Å². The second kappa shape index (κ2) is 6.52. The predicted molar refractivity (Wildman–Crippen MR) is 72.9 cm³/mol. The molecule has 1 rings (SSSR count). The molecular weight excluding hydrogens is 282 g/mol. The van der Waals surface area contributed by atoms with E-state index < -0.39 is 0 Å². The van der Waals surface area contributed by atoms with Crippen LogP contribution in [0.5, 0.6) is 0 Å². The van der Waals surface area contributed by atoms with Crippen LogP contribution >= 0.6 is 15.9 Å². The highest BCUT2D eigenvalue weighted by Gasteiger charge is 2.20. The predicted octanol–water partition coefficient (Wildman–Crippen LogP) is 2.90. The molecule has 1 heterocycles. The molecule has 2 N–H and O–H groups in total. The first kappa shape index (κ1) is 14.7. The summed E-state index contributed by atoms with van der Waals surface area (Å²) in [6.07, 6.45) is 2.71. The molecule has 0 aliphatic carbocycles. The van der Waals surface area contributed by atoms with E-state index in [1.54, 1.807) is 7.11 Å². The molecule has 2 unspecified atom stereocenters. The van der Waals surface area contributed by atoms with Crippen molar-refractivity contribution in [2.45, 2.75) is 39.3 Å². The van der Waals surface area contributed by atoms with Gasteiger partial charge in [0.25, 0.3) is 0 Å². The summed E-state index contributed by atoms with van der Waals surface area (Å²) < 4.78 is 8.11. The maximum Gasteiger partial charge on any atom is 0.0696 e. The van der Waals surface area contributed by atoms with Crippen LogP contribution < -0.4 is 5.73 Å². The van der Waals surface area contributed by atoms with Crippen molar-refractivity contribution in [3.8, 4) is 0 Å². The van der Waals surface area contributed by atoms with E-state index in [9.17, 15) is 0 Å². The SMILES string of the molecule is COCC(C)CC(N)c1c(Br)cnn1C(C)C. The van der Waals surface area contributed by atoms with Gasteiger partial charge in [0.15, 0.2) is 0 Å². The number of nitrogens with zero attached hydrogens (tertiary/aromatic N) is 2. The highest BCUT2D eigenvalue weighted by molar-refractivity contribution is 9.10. The van der Waals surface area contributed by atoms with E-state index in [0.29, 0.717) is 12.0 Å². The second-order valence-corrected chi connectivity index (χ2v) is 5.67. The fourth-order valence-corrected chi connectivity index (χ4v) is 2.57. The Labute approximate surface area is 112 Å². The molecule has 0 saturated heterocycles. The molecule has 0 radical (unpaired) electrons. The lowest BCUT2D eigenvalue weighted by Crippen LogP contribution is -2.21. The van der Waals surface area contributed by atoms with E-state index in [0.717, 1.165) is 23.2 Å². The quantitative estimate of drug-likeness (QED) is 0.879. The Morgan fingerprint density at radius 2 is 2.12 bits per heavy atom.